The Labute approximate surface area is 105 Å². The van der Waals surface area contributed by atoms with Crippen molar-refractivity contribution in [2.45, 2.75) is 18.7 Å². The third kappa shape index (κ3) is 2.73. The van der Waals surface area contributed by atoms with Crippen LogP contribution >= 0.6 is 0 Å². The quantitative estimate of drug-likeness (QED) is 0.624. The van der Waals surface area contributed by atoms with Crippen molar-refractivity contribution in [1.29, 1.82) is 0 Å². The van der Waals surface area contributed by atoms with Gasteiger partial charge in [0.05, 0.1) is 22.9 Å². The molecule has 0 aliphatic rings. The van der Waals surface area contributed by atoms with E-state index in [1.807, 2.05) is 0 Å². The minimum Gasteiger partial charge on any atom is -0.507 e. The molecule has 0 aromatic heterocycles. The van der Waals surface area contributed by atoms with E-state index in [-0.39, 0.29) is 28.5 Å². The summed E-state index contributed by atoms with van der Waals surface area (Å²) >= 11 is 0. The number of carbonyl (C=O) groups is 1. The van der Waals surface area contributed by atoms with Crippen molar-refractivity contribution < 1.29 is 23.1 Å². The molecule has 0 heterocycles. The first-order chi connectivity index (χ1) is 8.33. The fourth-order valence-electron chi connectivity index (χ4n) is 1.38. The number of aromatic hydroxyl groups is 1. The number of carbonyl (C=O) groups excluding carboxylic acids is 1. The van der Waals surface area contributed by atoms with Gasteiger partial charge in [0.15, 0.2) is 9.84 Å². The summed E-state index contributed by atoms with van der Waals surface area (Å²) in [5.74, 6) is -1.34. The molecule has 0 spiro atoms. The van der Waals surface area contributed by atoms with Crippen molar-refractivity contribution >= 4 is 21.5 Å². The van der Waals surface area contributed by atoms with E-state index in [0.29, 0.717) is 0 Å². The normalized spacial score (nSPS) is 11.2. The van der Waals surface area contributed by atoms with Crippen LogP contribution in [0, 0.1) is 0 Å². The second-order valence-corrected chi connectivity index (χ2v) is 5.78. The highest BCUT2D eigenvalue weighted by Gasteiger charge is 2.21. The molecule has 7 heteroatoms. The minimum atomic E-state index is -3.56. The van der Waals surface area contributed by atoms with Crippen LogP contribution in [0.15, 0.2) is 17.0 Å². The topological polar surface area (TPSA) is 107 Å². The number of ether oxygens (including phenoxy) is 1. The molecule has 1 aromatic rings. The van der Waals surface area contributed by atoms with Gasteiger partial charge in [0.2, 0.25) is 0 Å². The molecule has 0 saturated heterocycles. The van der Waals surface area contributed by atoms with Crippen LogP contribution in [0.2, 0.25) is 0 Å². The summed E-state index contributed by atoms with van der Waals surface area (Å²) in [6, 6.07) is 2.08. The number of nitrogen functional groups attached to an aromatic ring is 1. The molecule has 6 nitrogen and oxygen atoms in total. The molecule has 1 aromatic carbocycles. The highest BCUT2D eigenvalue weighted by Crippen LogP contribution is 2.28. The molecule has 0 fully saturated rings. The Morgan fingerprint density at radius 2 is 2.00 bits per heavy atom. The van der Waals surface area contributed by atoms with Crippen molar-refractivity contribution in [3.05, 3.63) is 17.7 Å². The summed E-state index contributed by atoms with van der Waals surface area (Å²) in [5.41, 5.74) is 5.23. The van der Waals surface area contributed by atoms with Crippen LogP contribution in [0.3, 0.4) is 0 Å². The SMILES string of the molecule is CCOC(=O)c1cc(S(=O)(=O)CC)c(N)cc1O. The lowest BCUT2D eigenvalue weighted by atomic mass is 10.2. The van der Waals surface area contributed by atoms with Gasteiger partial charge in [-0.2, -0.15) is 0 Å². The van der Waals surface area contributed by atoms with Crippen LogP contribution in [0.25, 0.3) is 0 Å². The van der Waals surface area contributed by atoms with Crippen LogP contribution in [0.4, 0.5) is 5.69 Å². The van der Waals surface area contributed by atoms with E-state index < -0.39 is 21.6 Å². The largest absolute Gasteiger partial charge is 0.507 e. The molecule has 0 atom stereocenters. The maximum absolute atomic E-state index is 11.8. The smallest absolute Gasteiger partial charge is 0.341 e. The molecule has 0 bridgehead atoms. The van der Waals surface area contributed by atoms with Gasteiger partial charge in [-0.15, -0.1) is 0 Å². The predicted octanol–water partition coefficient (Wildman–Crippen LogP) is 0.945. The van der Waals surface area contributed by atoms with E-state index in [9.17, 15) is 18.3 Å². The number of sulfone groups is 1. The van der Waals surface area contributed by atoms with E-state index in [1.54, 1.807) is 6.92 Å². The van der Waals surface area contributed by atoms with Gasteiger partial charge in [0.25, 0.3) is 0 Å². The van der Waals surface area contributed by atoms with Gasteiger partial charge < -0.3 is 15.6 Å². The zero-order valence-electron chi connectivity index (χ0n) is 10.1. The van der Waals surface area contributed by atoms with Crippen LogP contribution < -0.4 is 5.73 Å². The minimum absolute atomic E-state index is 0.0950. The highest BCUT2D eigenvalue weighted by atomic mass is 32.2. The van der Waals surface area contributed by atoms with E-state index in [1.165, 1.54) is 6.92 Å². The van der Waals surface area contributed by atoms with Crippen molar-refractivity contribution in [3.63, 3.8) is 0 Å². The molecule has 0 saturated carbocycles. The Morgan fingerprint density at radius 1 is 1.39 bits per heavy atom. The van der Waals surface area contributed by atoms with Gasteiger partial charge in [0, 0.05) is 6.07 Å². The first kappa shape index (κ1) is 14.3. The predicted molar refractivity (Wildman–Crippen MR) is 66.2 cm³/mol. The van der Waals surface area contributed by atoms with Crippen molar-refractivity contribution in [3.8, 4) is 5.75 Å². The average Bonchev–Trinajstić information content (AvgIpc) is 2.28. The lowest BCUT2D eigenvalue weighted by molar-refractivity contribution is 0.0523. The molecule has 0 amide bonds. The maximum atomic E-state index is 11.8. The van der Waals surface area contributed by atoms with Crippen LogP contribution in [-0.2, 0) is 14.6 Å². The van der Waals surface area contributed by atoms with Gasteiger partial charge in [-0.3, -0.25) is 0 Å². The Kier molecular flexibility index (Phi) is 4.18. The number of hydrogen-bond donors (Lipinski definition) is 2. The number of phenolic OH excluding ortho intramolecular Hbond substituents is 1. The summed E-state index contributed by atoms with van der Waals surface area (Å²) < 4.78 is 28.2. The molecule has 18 heavy (non-hydrogen) atoms. The Morgan fingerprint density at radius 3 is 2.50 bits per heavy atom. The summed E-state index contributed by atoms with van der Waals surface area (Å²) in [7, 11) is -3.56. The molecule has 1 rings (SSSR count). The molecular weight excluding hydrogens is 258 g/mol. The molecule has 0 unspecified atom stereocenters. The molecule has 3 N–H and O–H groups in total. The third-order valence-electron chi connectivity index (χ3n) is 2.34. The average molecular weight is 273 g/mol. The van der Waals surface area contributed by atoms with E-state index in [0.717, 1.165) is 12.1 Å². The molecule has 0 aliphatic heterocycles. The highest BCUT2D eigenvalue weighted by molar-refractivity contribution is 7.91. The van der Waals surface area contributed by atoms with Crippen LogP contribution in [0.5, 0.6) is 5.75 Å². The molecular formula is C11H15NO5S. The fraction of sp³-hybridized carbons (Fsp3) is 0.364. The number of benzene rings is 1. The Balaban J connectivity index is 3.40. The van der Waals surface area contributed by atoms with Crippen molar-refractivity contribution in [2.75, 3.05) is 18.1 Å². The monoisotopic (exact) mass is 273 g/mol. The number of anilines is 1. The fourth-order valence-corrected chi connectivity index (χ4v) is 2.41. The third-order valence-corrected chi connectivity index (χ3v) is 4.12. The van der Waals surface area contributed by atoms with E-state index in [2.05, 4.69) is 0 Å². The van der Waals surface area contributed by atoms with Crippen LogP contribution in [-0.4, -0.2) is 31.9 Å². The van der Waals surface area contributed by atoms with Gasteiger partial charge >= 0.3 is 5.97 Å². The van der Waals surface area contributed by atoms with Gasteiger partial charge in [-0.1, -0.05) is 6.92 Å². The van der Waals surface area contributed by atoms with Crippen molar-refractivity contribution in [1.82, 2.24) is 0 Å². The van der Waals surface area contributed by atoms with Gasteiger partial charge in [0.1, 0.15) is 11.3 Å². The molecule has 0 radical (unpaired) electrons. The number of rotatable bonds is 4. The Hall–Kier alpha value is -1.76. The number of esters is 1. The first-order valence-corrected chi connectivity index (χ1v) is 7.01. The standard InChI is InChI=1S/C11H15NO5S/c1-3-17-11(14)7-5-10(18(15,16)4-2)8(12)6-9(7)13/h5-6,13H,3-4,12H2,1-2H3. The summed E-state index contributed by atoms with van der Waals surface area (Å²) in [6.45, 7) is 3.19. The molecule has 0 aliphatic carbocycles. The zero-order valence-corrected chi connectivity index (χ0v) is 11.0. The number of phenols is 1. The van der Waals surface area contributed by atoms with E-state index >= 15 is 0 Å². The van der Waals surface area contributed by atoms with Gasteiger partial charge in [-0.05, 0) is 13.0 Å². The number of hydrogen-bond acceptors (Lipinski definition) is 6. The second-order valence-electron chi connectivity index (χ2n) is 3.53. The lowest BCUT2D eigenvalue weighted by Crippen LogP contribution is -2.11. The summed E-state index contributed by atoms with van der Waals surface area (Å²) in [6.07, 6.45) is 0. The summed E-state index contributed by atoms with van der Waals surface area (Å²) in [4.78, 5) is 11.4. The summed E-state index contributed by atoms with van der Waals surface area (Å²) in [5, 5.41) is 9.58. The van der Waals surface area contributed by atoms with Crippen LogP contribution in [0.1, 0.15) is 24.2 Å². The second kappa shape index (κ2) is 5.26. The van der Waals surface area contributed by atoms with E-state index in [4.69, 9.17) is 10.5 Å². The van der Waals surface area contributed by atoms with Gasteiger partial charge in [-0.25, -0.2) is 13.2 Å². The number of nitrogens with two attached hydrogens (primary N) is 1. The lowest BCUT2D eigenvalue weighted by Gasteiger charge is -2.10. The first-order valence-electron chi connectivity index (χ1n) is 5.35. The Bertz CT molecular complexity index is 565. The maximum Gasteiger partial charge on any atom is 0.341 e. The molecule has 100 valence electrons. The zero-order chi connectivity index (χ0) is 13.9. The van der Waals surface area contributed by atoms with Crippen molar-refractivity contribution in [2.24, 2.45) is 0 Å².